The first-order chi connectivity index (χ1) is 13.7. The second-order valence-electron chi connectivity index (χ2n) is 6.78. The van der Waals surface area contributed by atoms with Gasteiger partial charge in [0.05, 0.1) is 13.2 Å². The van der Waals surface area contributed by atoms with Gasteiger partial charge in [-0.15, -0.1) is 0 Å². The lowest BCUT2D eigenvalue weighted by Crippen LogP contribution is -2.28. The number of rotatable bonds is 9. The maximum absolute atomic E-state index is 12.7. The molecule has 0 saturated heterocycles. The molecule has 0 bridgehead atoms. The van der Waals surface area contributed by atoms with E-state index >= 15 is 0 Å². The maximum atomic E-state index is 12.7. The number of nitrogens with one attached hydrogen (secondary N) is 1. The van der Waals surface area contributed by atoms with Crippen molar-refractivity contribution < 1.29 is 14.3 Å². The Balaban J connectivity index is 2.03. The van der Waals surface area contributed by atoms with Gasteiger partial charge in [-0.05, 0) is 24.6 Å². The zero-order valence-electron chi connectivity index (χ0n) is 16.8. The summed E-state index contributed by atoms with van der Waals surface area (Å²) in [5, 5.41) is 4.11. The van der Waals surface area contributed by atoms with Gasteiger partial charge < -0.3 is 19.4 Å². The number of hydrogen-bond donors (Lipinski definition) is 1. The number of aromatic nitrogens is 1. The second-order valence-corrected chi connectivity index (χ2v) is 6.78. The van der Waals surface area contributed by atoms with Crippen LogP contribution in [0, 0.1) is 0 Å². The summed E-state index contributed by atoms with van der Waals surface area (Å²) in [4.78, 5) is 12.7. The molecule has 5 heteroatoms. The third-order valence-corrected chi connectivity index (χ3v) is 4.92. The highest BCUT2D eigenvalue weighted by Gasteiger charge is 2.24. The number of carbonyl (C=O) groups is 1. The average Bonchev–Trinajstić information content (AvgIpc) is 3.04. The van der Waals surface area contributed by atoms with Gasteiger partial charge in [-0.3, -0.25) is 4.79 Å². The molecule has 1 amide bonds. The van der Waals surface area contributed by atoms with E-state index in [1.807, 2.05) is 44.3 Å². The lowest BCUT2D eigenvalue weighted by atomic mass is 9.87. The van der Waals surface area contributed by atoms with Crippen LogP contribution in [0.5, 0.6) is 5.75 Å². The highest BCUT2D eigenvalue weighted by molar-refractivity contribution is 5.86. The van der Waals surface area contributed by atoms with Gasteiger partial charge in [0.1, 0.15) is 5.75 Å². The Labute approximate surface area is 166 Å². The molecule has 1 unspecified atom stereocenters. The van der Waals surface area contributed by atoms with Crippen LogP contribution in [0.25, 0.3) is 10.9 Å². The summed E-state index contributed by atoms with van der Waals surface area (Å²) < 4.78 is 13.0. The van der Waals surface area contributed by atoms with Crippen LogP contribution >= 0.6 is 0 Å². The normalized spacial score (nSPS) is 12.1. The Morgan fingerprint density at radius 1 is 1.11 bits per heavy atom. The van der Waals surface area contributed by atoms with E-state index in [-0.39, 0.29) is 11.8 Å². The van der Waals surface area contributed by atoms with Crippen LogP contribution in [0.2, 0.25) is 0 Å². The van der Waals surface area contributed by atoms with E-state index in [1.54, 1.807) is 7.11 Å². The molecule has 1 N–H and O–H groups in total. The molecule has 0 saturated carbocycles. The van der Waals surface area contributed by atoms with E-state index in [9.17, 15) is 4.79 Å². The summed E-state index contributed by atoms with van der Waals surface area (Å²) in [5.41, 5.74) is 3.31. The third kappa shape index (κ3) is 4.37. The first-order valence-corrected chi connectivity index (χ1v) is 9.67. The van der Waals surface area contributed by atoms with Gasteiger partial charge in [0, 0.05) is 55.7 Å². The van der Waals surface area contributed by atoms with Gasteiger partial charge in [0.15, 0.2) is 0 Å². The molecule has 0 aliphatic carbocycles. The number of ether oxygens (including phenoxy) is 2. The number of benzene rings is 2. The van der Waals surface area contributed by atoms with Crippen LogP contribution in [0.3, 0.4) is 0 Å². The van der Waals surface area contributed by atoms with Crippen molar-refractivity contribution in [3.05, 3.63) is 65.9 Å². The first kappa shape index (κ1) is 20.0. The van der Waals surface area contributed by atoms with E-state index in [4.69, 9.17) is 9.47 Å². The monoisotopic (exact) mass is 380 g/mol. The predicted octanol–water partition coefficient (Wildman–Crippen LogP) is 3.86. The van der Waals surface area contributed by atoms with Gasteiger partial charge in [-0.1, -0.05) is 36.4 Å². The minimum atomic E-state index is -0.101. The lowest BCUT2D eigenvalue weighted by molar-refractivity contribution is -0.121. The molecular weight excluding hydrogens is 352 g/mol. The van der Waals surface area contributed by atoms with Crippen molar-refractivity contribution in [3.8, 4) is 5.75 Å². The van der Waals surface area contributed by atoms with E-state index in [0.29, 0.717) is 26.2 Å². The minimum absolute atomic E-state index is 0.00119. The van der Waals surface area contributed by atoms with Gasteiger partial charge in [-0.2, -0.15) is 0 Å². The molecule has 3 rings (SSSR count). The molecular formula is C23H28N2O3. The van der Waals surface area contributed by atoms with Crippen LogP contribution in [-0.2, 0) is 16.6 Å². The summed E-state index contributed by atoms with van der Waals surface area (Å²) in [5.74, 6) is 0.727. The van der Waals surface area contributed by atoms with Gasteiger partial charge >= 0.3 is 0 Å². The fourth-order valence-corrected chi connectivity index (χ4v) is 3.64. The molecule has 0 fully saturated rings. The molecule has 0 spiro atoms. The maximum Gasteiger partial charge on any atom is 0.221 e. The van der Waals surface area contributed by atoms with Crippen molar-refractivity contribution in [2.24, 2.45) is 7.05 Å². The number of hydrogen-bond acceptors (Lipinski definition) is 3. The summed E-state index contributed by atoms with van der Waals surface area (Å²) >= 11 is 0. The Morgan fingerprint density at radius 3 is 2.64 bits per heavy atom. The summed E-state index contributed by atoms with van der Waals surface area (Å²) in [6.07, 6.45) is 2.47. The smallest absolute Gasteiger partial charge is 0.221 e. The van der Waals surface area contributed by atoms with E-state index in [1.165, 1.54) is 0 Å². The lowest BCUT2D eigenvalue weighted by Gasteiger charge is -2.20. The number of methoxy groups -OCH3 is 1. The first-order valence-electron chi connectivity index (χ1n) is 9.67. The minimum Gasteiger partial charge on any atom is -0.494 e. The zero-order valence-corrected chi connectivity index (χ0v) is 16.8. The molecule has 5 nitrogen and oxygen atoms in total. The molecule has 0 aliphatic rings. The van der Waals surface area contributed by atoms with Crippen molar-refractivity contribution in [1.82, 2.24) is 9.88 Å². The SMILES string of the molecule is CCOc1ccccc1C(CC(=O)NCCOC)c1cn(C)c2ccccc12. The fourth-order valence-electron chi connectivity index (χ4n) is 3.64. The summed E-state index contributed by atoms with van der Waals surface area (Å²) in [6, 6.07) is 16.3. The molecule has 0 radical (unpaired) electrons. The van der Waals surface area contributed by atoms with Crippen LogP contribution in [0.4, 0.5) is 0 Å². The molecule has 1 heterocycles. The molecule has 2 aromatic carbocycles. The highest BCUT2D eigenvalue weighted by atomic mass is 16.5. The van der Waals surface area contributed by atoms with Crippen molar-refractivity contribution in [3.63, 3.8) is 0 Å². The van der Waals surface area contributed by atoms with E-state index in [2.05, 4.69) is 34.3 Å². The van der Waals surface area contributed by atoms with Crippen LogP contribution in [0.15, 0.2) is 54.7 Å². The molecule has 0 aliphatic heterocycles. The number of nitrogens with zero attached hydrogens (tertiary/aromatic N) is 1. The second kappa shape index (κ2) is 9.42. The molecule has 1 atom stereocenters. The van der Waals surface area contributed by atoms with Crippen molar-refractivity contribution in [2.45, 2.75) is 19.3 Å². The quantitative estimate of drug-likeness (QED) is 0.574. The van der Waals surface area contributed by atoms with Crippen molar-refractivity contribution in [1.29, 1.82) is 0 Å². The average molecular weight is 380 g/mol. The Bertz CT molecular complexity index is 932. The predicted molar refractivity (Wildman–Crippen MR) is 112 cm³/mol. The topological polar surface area (TPSA) is 52.5 Å². The van der Waals surface area contributed by atoms with Gasteiger partial charge in [-0.25, -0.2) is 0 Å². The Kier molecular flexibility index (Phi) is 6.71. The number of aryl methyl sites for hydroxylation is 1. The highest BCUT2D eigenvalue weighted by Crippen LogP contribution is 2.38. The number of fused-ring (bicyclic) bond motifs is 1. The Morgan fingerprint density at radius 2 is 1.86 bits per heavy atom. The van der Waals surface area contributed by atoms with Crippen molar-refractivity contribution >= 4 is 16.8 Å². The number of carbonyl (C=O) groups excluding carboxylic acids is 1. The van der Waals surface area contributed by atoms with E-state index < -0.39 is 0 Å². The number of para-hydroxylation sites is 2. The number of amides is 1. The molecule has 3 aromatic rings. The zero-order chi connectivity index (χ0) is 19.9. The largest absolute Gasteiger partial charge is 0.494 e. The third-order valence-electron chi connectivity index (χ3n) is 4.92. The van der Waals surface area contributed by atoms with Crippen LogP contribution in [-0.4, -0.2) is 37.3 Å². The molecule has 148 valence electrons. The molecule has 1 aromatic heterocycles. The van der Waals surface area contributed by atoms with Crippen molar-refractivity contribution in [2.75, 3.05) is 26.9 Å². The van der Waals surface area contributed by atoms with Crippen LogP contribution in [0.1, 0.15) is 30.4 Å². The molecule has 28 heavy (non-hydrogen) atoms. The van der Waals surface area contributed by atoms with Crippen LogP contribution < -0.4 is 10.1 Å². The fraction of sp³-hybridized carbons (Fsp3) is 0.348. The Hall–Kier alpha value is -2.79. The standard InChI is InChI=1S/C23H28N2O3/c1-4-28-22-12-8-6-10-18(22)19(15-23(26)24-13-14-27-3)20-16-25(2)21-11-7-5-9-17(20)21/h5-12,16,19H,4,13-15H2,1-3H3,(H,24,26). The van der Waals surface area contributed by atoms with Gasteiger partial charge in [0.25, 0.3) is 0 Å². The van der Waals surface area contributed by atoms with Gasteiger partial charge in [0.2, 0.25) is 5.91 Å². The summed E-state index contributed by atoms with van der Waals surface area (Å²) in [6.45, 7) is 3.56. The summed E-state index contributed by atoms with van der Waals surface area (Å²) in [7, 11) is 3.67. The van der Waals surface area contributed by atoms with E-state index in [0.717, 1.165) is 27.8 Å².